The van der Waals surface area contributed by atoms with E-state index in [4.69, 9.17) is 11.6 Å². The second-order valence-corrected chi connectivity index (χ2v) is 7.77. The molecule has 0 radical (unpaired) electrons. The minimum atomic E-state index is -0.434. The van der Waals surface area contributed by atoms with Crippen molar-refractivity contribution in [2.75, 3.05) is 5.32 Å². The maximum Gasteiger partial charge on any atom is 0.300 e. The quantitative estimate of drug-likeness (QED) is 0.494. The Bertz CT molecular complexity index is 1320. The Morgan fingerprint density at radius 2 is 1.97 bits per heavy atom. The molecule has 0 fully saturated rings. The summed E-state index contributed by atoms with van der Waals surface area (Å²) in [5.41, 5.74) is 0.772. The van der Waals surface area contributed by atoms with Crippen LogP contribution in [-0.4, -0.2) is 25.1 Å². The Kier molecular flexibility index (Phi) is 5.81. The van der Waals surface area contributed by atoms with Gasteiger partial charge in [0, 0.05) is 35.9 Å². The summed E-state index contributed by atoms with van der Waals surface area (Å²) < 4.78 is 16.4. The van der Waals surface area contributed by atoms with Gasteiger partial charge in [-0.3, -0.25) is 18.6 Å². The Labute approximate surface area is 182 Å². The molecular weight excluding hydrogens is 421 g/mol. The molecule has 2 aromatic carbocycles. The molecule has 1 N–H and O–H groups in total. The second kappa shape index (κ2) is 8.69. The Morgan fingerprint density at radius 3 is 2.74 bits per heavy atom. The smallest absolute Gasteiger partial charge is 0.300 e. The molecular formula is C22H19ClFN5O2. The van der Waals surface area contributed by atoms with Crippen LogP contribution in [0.3, 0.4) is 0 Å². The van der Waals surface area contributed by atoms with E-state index < -0.39 is 11.4 Å². The highest BCUT2D eigenvalue weighted by Crippen LogP contribution is 2.17. The highest BCUT2D eigenvalue weighted by molar-refractivity contribution is 6.30. The molecule has 0 aliphatic heterocycles. The van der Waals surface area contributed by atoms with E-state index in [1.807, 2.05) is 6.92 Å². The van der Waals surface area contributed by atoms with Gasteiger partial charge in [-0.15, -0.1) is 10.2 Å². The van der Waals surface area contributed by atoms with Gasteiger partial charge in [0.05, 0.1) is 5.69 Å². The van der Waals surface area contributed by atoms with Crippen LogP contribution in [0.4, 0.5) is 10.1 Å². The first-order valence-corrected chi connectivity index (χ1v) is 10.0. The summed E-state index contributed by atoms with van der Waals surface area (Å²) in [5.74, 6) is -0.0489. The van der Waals surface area contributed by atoms with E-state index >= 15 is 0 Å². The minimum Gasteiger partial charge on any atom is -0.326 e. The number of fused-ring (bicyclic) bond motifs is 1. The van der Waals surface area contributed by atoms with Crippen molar-refractivity contribution < 1.29 is 9.18 Å². The summed E-state index contributed by atoms with van der Waals surface area (Å²) in [7, 11) is 0. The van der Waals surface area contributed by atoms with Crippen molar-refractivity contribution in [2.24, 2.45) is 5.92 Å². The summed E-state index contributed by atoms with van der Waals surface area (Å²) in [4.78, 5) is 25.1. The lowest BCUT2D eigenvalue weighted by atomic mass is 10.0. The zero-order valence-corrected chi connectivity index (χ0v) is 17.4. The fraction of sp³-hybridized carbons (Fsp3) is 0.182. The second-order valence-electron chi connectivity index (χ2n) is 7.33. The third-order valence-electron chi connectivity index (χ3n) is 4.80. The topological polar surface area (TPSA) is 81.3 Å². The first-order chi connectivity index (χ1) is 14.9. The van der Waals surface area contributed by atoms with E-state index in [-0.39, 0.29) is 23.9 Å². The first-order valence-electron chi connectivity index (χ1n) is 9.67. The van der Waals surface area contributed by atoms with Crippen LogP contribution in [-0.2, 0) is 11.2 Å². The summed E-state index contributed by atoms with van der Waals surface area (Å²) in [6.45, 7) is 1.92. The molecule has 31 heavy (non-hydrogen) atoms. The van der Waals surface area contributed by atoms with Crippen LogP contribution in [0.25, 0.3) is 11.3 Å². The lowest BCUT2D eigenvalue weighted by Crippen LogP contribution is -2.21. The maximum absolute atomic E-state index is 13.5. The van der Waals surface area contributed by atoms with Gasteiger partial charge in [-0.2, -0.15) is 0 Å². The Balaban J connectivity index is 1.49. The van der Waals surface area contributed by atoms with Crippen LogP contribution in [0.1, 0.15) is 19.2 Å². The number of carbonyl (C=O) groups excluding carboxylic acids is 1. The predicted molar refractivity (Wildman–Crippen MR) is 116 cm³/mol. The van der Waals surface area contributed by atoms with Crippen LogP contribution >= 0.6 is 11.6 Å². The van der Waals surface area contributed by atoms with Gasteiger partial charge in [-0.1, -0.05) is 30.7 Å². The van der Waals surface area contributed by atoms with Gasteiger partial charge >= 0.3 is 5.56 Å². The van der Waals surface area contributed by atoms with E-state index in [0.29, 0.717) is 28.6 Å². The lowest BCUT2D eigenvalue weighted by Gasteiger charge is -2.11. The van der Waals surface area contributed by atoms with Crippen molar-refractivity contribution in [1.82, 2.24) is 19.2 Å². The van der Waals surface area contributed by atoms with Crippen molar-refractivity contribution in [3.8, 4) is 5.69 Å². The van der Waals surface area contributed by atoms with Crippen molar-refractivity contribution in [2.45, 2.75) is 19.8 Å². The third kappa shape index (κ3) is 4.64. The molecule has 0 spiro atoms. The number of amides is 1. The number of nitrogens with zero attached hydrogens (tertiary/aromatic N) is 4. The average Bonchev–Trinajstić information content (AvgIpc) is 3.11. The van der Waals surface area contributed by atoms with Crippen molar-refractivity contribution in [3.05, 3.63) is 87.9 Å². The maximum atomic E-state index is 13.5. The number of nitrogens with one attached hydrogen (secondary N) is 1. The molecule has 0 unspecified atom stereocenters. The van der Waals surface area contributed by atoms with Gasteiger partial charge in [-0.05, 0) is 42.3 Å². The molecule has 0 bridgehead atoms. The highest BCUT2D eigenvalue weighted by atomic mass is 35.5. The van der Waals surface area contributed by atoms with Crippen LogP contribution in [0.2, 0.25) is 5.02 Å². The van der Waals surface area contributed by atoms with Crippen molar-refractivity contribution in [1.29, 1.82) is 0 Å². The number of rotatable bonds is 6. The number of benzene rings is 2. The molecule has 7 nitrogen and oxygen atoms in total. The van der Waals surface area contributed by atoms with Crippen molar-refractivity contribution in [3.63, 3.8) is 0 Å². The number of hydrogen-bond donors (Lipinski definition) is 1. The van der Waals surface area contributed by atoms with Crippen molar-refractivity contribution >= 4 is 28.8 Å². The van der Waals surface area contributed by atoms with Crippen LogP contribution < -0.4 is 10.9 Å². The molecule has 0 aliphatic rings. The van der Waals surface area contributed by atoms with Gasteiger partial charge in [0.25, 0.3) is 0 Å². The van der Waals surface area contributed by atoms with Crippen LogP contribution in [0.15, 0.2) is 65.7 Å². The molecule has 4 aromatic rings. The summed E-state index contributed by atoms with van der Waals surface area (Å²) in [6, 6.07) is 12.7. The normalized spacial score (nSPS) is 12.1. The van der Waals surface area contributed by atoms with Gasteiger partial charge in [0.15, 0.2) is 0 Å². The molecule has 0 saturated carbocycles. The molecule has 2 aromatic heterocycles. The van der Waals surface area contributed by atoms with E-state index in [0.717, 1.165) is 0 Å². The molecule has 2 heterocycles. The number of hydrogen-bond acceptors (Lipinski definition) is 4. The molecule has 9 heteroatoms. The summed E-state index contributed by atoms with van der Waals surface area (Å²) >= 11 is 5.94. The molecule has 1 atom stereocenters. The fourth-order valence-electron chi connectivity index (χ4n) is 3.38. The highest BCUT2D eigenvalue weighted by Gasteiger charge is 2.16. The minimum absolute atomic E-state index is 0.0442. The fourth-order valence-corrected chi connectivity index (χ4v) is 3.57. The van der Waals surface area contributed by atoms with E-state index in [1.54, 1.807) is 47.1 Å². The number of halogens is 2. The van der Waals surface area contributed by atoms with E-state index in [9.17, 15) is 14.0 Å². The van der Waals surface area contributed by atoms with Gasteiger partial charge in [0.2, 0.25) is 11.6 Å². The molecule has 158 valence electrons. The SMILES string of the molecule is C[C@@H](CC(=O)Nc1cccc(Cl)c1)Cc1nnc2c(=O)n(-c3cccc(F)c3)ccn12. The van der Waals surface area contributed by atoms with Crippen LogP contribution in [0, 0.1) is 11.7 Å². The van der Waals surface area contributed by atoms with Gasteiger partial charge in [-0.25, -0.2) is 4.39 Å². The first kappa shape index (κ1) is 20.7. The summed E-state index contributed by atoms with van der Waals surface area (Å²) in [6.07, 6.45) is 3.93. The molecule has 1 amide bonds. The molecule has 0 saturated heterocycles. The standard InChI is InChI=1S/C22H19ClFN5O2/c1-14(11-20(30)25-17-6-2-4-15(23)12-17)10-19-26-27-21-22(31)28(8-9-29(19)21)18-7-3-5-16(24)13-18/h2-9,12-14H,10-11H2,1H3,(H,25,30)/t14-/m1/s1. The monoisotopic (exact) mass is 439 g/mol. The zero-order valence-electron chi connectivity index (χ0n) is 16.6. The van der Waals surface area contributed by atoms with E-state index in [2.05, 4.69) is 15.5 Å². The largest absolute Gasteiger partial charge is 0.326 e. The van der Waals surface area contributed by atoms with Crippen LogP contribution in [0.5, 0.6) is 0 Å². The van der Waals surface area contributed by atoms with E-state index in [1.165, 1.54) is 22.8 Å². The molecule has 4 rings (SSSR count). The van der Waals surface area contributed by atoms with Gasteiger partial charge < -0.3 is 5.32 Å². The predicted octanol–water partition coefficient (Wildman–Crippen LogP) is 3.88. The number of anilines is 1. The molecule has 0 aliphatic carbocycles. The Morgan fingerprint density at radius 1 is 1.16 bits per heavy atom. The summed E-state index contributed by atoms with van der Waals surface area (Å²) in [5, 5.41) is 11.5. The Hall–Kier alpha value is -3.52. The average molecular weight is 440 g/mol. The van der Waals surface area contributed by atoms with Gasteiger partial charge in [0.1, 0.15) is 11.6 Å². The zero-order chi connectivity index (χ0) is 22.0. The lowest BCUT2D eigenvalue weighted by molar-refractivity contribution is -0.116. The number of aromatic nitrogens is 4. The third-order valence-corrected chi connectivity index (χ3v) is 5.04. The number of carbonyl (C=O) groups is 1.